The van der Waals surface area contributed by atoms with E-state index in [0.29, 0.717) is 11.4 Å². The Bertz CT molecular complexity index is 534. The van der Waals surface area contributed by atoms with E-state index >= 15 is 0 Å². The fourth-order valence-electron chi connectivity index (χ4n) is 1.80. The summed E-state index contributed by atoms with van der Waals surface area (Å²) in [5, 5.41) is 19.9. The van der Waals surface area contributed by atoms with Gasteiger partial charge in [-0.2, -0.15) is 5.43 Å². The largest absolute Gasteiger partial charge is 0.503 e. The quantitative estimate of drug-likeness (QED) is 0.233. The van der Waals surface area contributed by atoms with Gasteiger partial charge < -0.3 is 10.8 Å². The third kappa shape index (κ3) is 2.57. The summed E-state index contributed by atoms with van der Waals surface area (Å²) < 4.78 is 0. The molecule has 18 heavy (non-hydrogen) atoms. The molecule has 2 rings (SSSR count). The molecule has 1 unspecified atom stereocenters. The van der Waals surface area contributed by atoms with Crippen LogP contribution in [0.4, 0.5) is 5.69 Å². The van der Waals surface area contributed by atoms with Gasteiger partial charge in [-0.15, -0.1) is 0 Å². The molecule has 1 aliphatic carbocycles. The Balaban J connectivity index is 2.20. The summed E-state index contributed by atoms with van der Waals surface area (Å²) in [5.41, 5.74) is 10.3. The molecule has 0 radical (unpaired) electrons. The minimum absolute atomic E-state index is 0.196. The van der Waals surface area contributed by atoms with Crippen LogP contribution in [0.5, 0.6) is 5.75 Å². The van der Waals surface area contributed by atoms with Crippen LogP contribution >= 0.6 is 0 Å². The van der Waals surface area contributed by atoms with Crippen molar-refractivity contribution < 1.29 is 15.9 Å². The van der Waals surface area contributed by atoms with Crippen LogP contribution in [-0.4, -0.2) is 16.5 Å². The first-order valence-electron chi connectivity index (χ1n) is 5.85. The average molecular weight is 246 g/mol. The number of para-hydroxylation sites is 1. The molecule has 0 heterocycles. The number of rotatable bonds is 2. The highest BCUT2D eigenvalue weighted by Crippen LogP contribution is 2.17. The van der Waals surface area contributed by atoms with Gasteiger partial charge in [-0.25, -0.2) is 0 Å². The number of hydrogen-bond acceptors (Lipinski definition) is 3. The highest BCUT2D eigenvalue weighted by Gasteiger charge is 2.24. The van der Waals surface area contributed by atoms with Crippen molar-refractivity contribution in [2.24, 2.45) is 16.8 Å². The number of allylic oxidation sites excluding steroid dienone is 2. The zero-order chi connectivity index (χ0) is 13.1. The van der Waals surface area contributed by atoms with Crippen LogP contribution in [0.3, 0.4) is 0 Å². The molecule has 1 aliphatic rings. The van der Waals surface area contributed by atoms with Gasteiger partial charge in [-0.05, 0) is 12.1 Å². The van der Waals surface area contributed by atoms with Gasteiger partial charge in [0.05, 0.1) is 0 Å². The lowest BCUT2D eigenvalue weighted by molar-refractivity contribution is -0.577. The van der Waals surface area contributed by atoms with Crippen LogP contribution in [-0.2, 0) is 0 Å². The number of quaternary nitrogens is 1. The molecule has 7 N–H and O–H groups in total. The lowest BCUT2D eigenvalue weighted by atomic mass is 9.92. The van der Waals surface area contributed by atoms with E-state index < -0.39 is 0 Å². The minimum Gasteiger partial charge on any atom is -0.503 e. The molecule has 0 saturated heterocycles. The van der Waals surface area contributed by atoms with Crippen molar-refractivity contribution in [2.75, 3.05) is 0 Å². The highest BCUT2D eigenvalue weighted by molar-refractivity contribution is 6.44. The van der Waals surface area contributed by atoms with Crippen molar-refractivity contribution in [1.29, 1.82) is 0 Å². The normalized spacial score (nSPS) is 22.1. The predicted molar refractivity (Wildman–Crippen MR) is 70.1 cm³/mol. The SMILES string of the molecule is CC1CC(=[NH2+])C(=N[NH2+]c2ccccc2O)C=C1N. The molecule has 1 atom stereocenters. The van der Waals surface area contributed by atoms with Gasteiger partial charge in [0.1, 0.15) is 0 Å². The first kappa shape index (κ1) is 12.3. The number of nitrogens with zero attached hydrogens (tertiary/aromatic N) is 1. The van der Waals surface area contributed by atoms with Crippen molar-refractivity contribution >= 4 is 17.1 Å². The summed E-state index contributed by atoms with van der Waals surface area (Å²) in [7, 11) is 0. The van der Waals surface area contributed by atoms with E-state index in [-0.39, 0.29) is 11.7 Å². The van der Waals surface area contributed by atoms with Gasteiger partial charge in [-0.3, -0.25) is 5.41 Å². The van der Waals surface area contributed by atoms with Gasteiger partial charge in [-0.1, -0.05) is 24.2 Å². The van der Waals surface area contributed by atoms with Crippen molar-refractivity contribution in [1.82, 2.24) is 0 Å². The first-order chi connectivity index (χ1) is 8.58. The average Bonchev–Trinajstić information content (AvgIpc) is 2.34. The van der Waals surface area contributed by atoms with E-state index in [0.717, 1.165) is 17.8 Å². The maximum Gasteiger partial charge on any atom is 0.204 e. The topological polar surface area (TPSA) is 101 Å². The zero-order valence-electron chi connectivity index (χ0n) is 10.3. The Morgan fingerprint density at radius 3 is 2.89 bits per heavy atom. The van der Waals surface area contributed by atoms with Gasteiger partial charge in [0.25, 0.3) is 0 Å². The highest BCUT2D eigenvalue weighted by atomic mass is 16.3. The maximum absolute atomic E-state index is 9.62. The van der Waals surface area contributed by atoms with E-state index in [2.05, 4.69) is 5.10 Å². The van der Waals surface area contributed by atoms with Crippen molar-refractivity contribution in [3.05, 3.63) is 36.0 Å². The third-order valence-electron chi connectivity index (χ3n) is 3.01. The summed E-state index contributed by atoms with van der Waals surface area (Å²) >= 11 is 0. The van der Waals surface area contributed by atoms with Gasteiger partial charge >= 0.3 is 0 Å². The standard InChI is InChI=1S/C13H16N4O/c1-8-6-10(15)12(7-9(8)14)17-16-11-4-2-3-5-13(11)18/h2-5,7-8,15-16,18H,6,14H2,1H3/p+2. The van der Waals surface area contributed by atoms with Gasteiger partial charge in [0.15, 0.2) is 17.1 Å². The molecule has 5 nitrogen and oxygen atoms in total. The summed E-state index contributed by atoms with van der Waals surface area (Å²) in [6.07, 6.45) is 2.51. The van der Waals surface area contributed by atoms with Gasteiger partial charge in [0.2, 0.25) is 5.71 Å². The molecule has 0 saturated carbocycles. The fraction of sp³-hybridized carbons (Fsp3) is 0.231. The Labute approximate surface area is 106 Å². The number of phenols is 1. The van der Waals surface area contributed by atoms with Crippen LogP contribution in [0.1, 0.15) is 13.3 Å². The molecule has 0 fully saturated rings. The molecule has 0 spiro atoms. The van der Waals surface area contributed by atoms with Crippen LogP contribution in [0.25, 0.3) is 0 Å². The van der Waals surface area contributed by atoms with Crippen LogP contribution in [0.2, 0.25) is 0 Å². The number of phenolic OH excluding ortho intramolecular Hbond substituents is 1. The number of nitrogens with two attached hydrogens (primary N) is 3. The molecule has 0 aliphatic heterocycles. The van der Waals surface area contributed by atoms with Crippen LogP contribution in [0, 0.1) is 5.92 Å². The Morgan fingerprint density at radius 1 is 1.44 bits per heavy atom. The molecule has 0 amide bonds. The Hall–Kier alpha value is -2.14. The summed E-state index contributed by atoms with van der Waals surface area (Å²) in [6.45, 7) is 2.03. The van der Waals surface area contributed by atoms with E-state index in [1.54, 1.807) is 29.7 Å². The number of aromatic hydroxyl groups is 1. The molecular formula is C13H18N4O+2. The van der Waals surface area contributed by atoms with Crippen LogP contribution < -0.4 is 16.6 Å². The summed E-state index contributed by atoms with van der Waals surface area (Å²) in [4.78, 5) is 0. The predicted octanol–water partition coefficient (Wildman–Crippen LogP) is -0.974. The molecule has 1 aromatic carbocycles. The fourth-order valence-corrected chi connectivity index (χ4v) is 1.80. The molecule has 94 valence electrons. The molecule has 0 bridgehead atoms. The molecule has 1 aromatic rings. The van der Waals surface area contributed by atoms with Crippen molar-refractivity contribution in [3.63, 3.8) is 0 Å². The van der Waals surface area contributed by atoms with E-state index in [1.807, 2.05) is 13.0 Å². The third-order valence-corrected chi connectivity index (χ3v) is 3.01. The van der Waals surface area contributed by atoms with Crippen molar-refractivity contribution in [2.45, 2.75) is 13.3 Å². The zero-order valence-corrected chi connectivity index (χ0v) is 10.3. The Morgan fingerprint density at radius 2 is 2.17 bits per heavy atom. The second kappa shape index (κ2) is 5.01. The first-order valence-corrected chi connectivity index (χ1v) is 5.85. The lowest BCUT2D eigenvalue weighted by Crippen LogP contribution is -2.72. The number of benzene rings is 1. The Kier molecular flexibility index (Phi) is 3.43. The van der Waals surface area contributed by atoms with E-state index in [9.17, 15) is 5.11 Å². The van der Waals surface area contributed by atoms with Crippen LogP contribution in [0.15, 0.2) is 41.1 Å². The summed E-state index contributed by atoms with van der Waals surface area (Å²) in [6, 6.07) is 7.01. The monoisotopic (exact) mass is 246 g/mol. The summed E-state index contributed by atoms with van der Waals surface area (Å²) in [5.74, 6) is 0.454. The molecule has 5 heteroatoms. The van der Waals surface area contributed by atoms with E-state index in [4.69, 9.17) is 11.1 Å². The molecular weight excluding hydrogens is 228 g/mol. The lowest BCUT2D eigenvalue weighted by Gasteiger charge is -2.15. The molecule has 0 aromatic heterocycles. The maximum atomic E-state index is 9.62. The minimum atomic E-state index is 0.196. The number of hydrogen-bond donors (Lipinski definition) is 4. The smallest absolute Gasteiger partial charge is 0.204 e. The van der Waals surface area contributed by atoms with Gasteiger partial charge in [0, 0.05) is 24.1 Å². The van der Waals surface area contributed by atoms with E-state index in [1.165, 1.54) is 0 Å². The van der Waals surface area contributed by atoms with Crippen molar-refractivity contribution in [3.8, 4) is 5.75 Å². The second-order valence-electron chi connectivity index (χ2n) is 4.48. The second-order valence-corrected chi connectivity index (χ2v) is 4.48.